The van der Waals surface area contributed by atoms with Crippen molar-refractivity contribution in [3.05, 3.63) is 54.1 Å². The molecule has 0 unspecified atom stereocenters. The maximum Gasteiger partial charge on any atom is 0.248 e. The monoisotopic (exact) mass is 418 g/mol. The van der Waals surface area contributed by atoms with Crippen LogP contribution in [0, 0.1) is 0 Å². The molecule has 158 valence electrons. The lowest BCUT2D eigenvalue weighted by Gasteiger charge is -2.30. The average Bonchev–Trinajstić information content (AvgIpc) is 2.70. The van der Waals surface area contributed by atoms with Gasteiger partial charge in [-0.15, -0.1) is 0 Å². The third-order valence-electron chi connectivity index (χ3n) is 4.68. The van der Waals surface area contributed by atoms with Crippen LogP contribution in [-0.2, 0) is 21.2 Å². The number of hydrogen-bond acceptors (Lipinski definition) is 4. The van der Waals surface area contributed by atoms with Gasteiger partial charge in [-0.2, -0.15) is 0 Å². The Hall–Kier alpha value is -2.54. The quantitative estimate of drug-likeness (QED) is 0.627. The van der Waals surface area contributed by atoms with Crippen molar-refractivity contribution in [3.8, 4) is 5.75 Å². The fourth-order valence-corrected chi connectivity index (χ4v) is 4.37. The smallest absolute Gasteiger partial charge is 0.248 e. The molecule has 7 heteroatoms. The van der Waals surface area contributed by atoms with Gasteiger partial charge >= 0.3 is 0 Å². The van der Waals surface area contributed by atoms with E-state index < -0.39 is 16.1 Å². The molecule has 2 rings (SSSR count). The van der Waals surface area contributed by atoms with Crippen LogP contribution >= 0.6 is 0 Å². The minimum Gasteiger partial charge on any atom is -0.497 e. The van der Waals surface area contributed by atoms with Gasteiger partial charge in [0, 0.05) is 11.8 Å². The molecule has 2 aromatic rings. The van der Waals surface area contributed by atoms with E-state index in [1.165, 1.54) is 12.7 Å². The van der Waals surface area contributed by atoms with Gasteiger partial charge in [0.15, 0.2) is 0 Å². The van der Waals surface area contributed by atoms with Crippen molar-refractivity contribution in [1.82, 2.24) is 0 Å². The SMILES string of the molecule is CCCCc1ccc(NC(=O)[C@H](CC)N(c2cccc(OC)c2)S(C)(=O)=O)cc1. The number of carbonyl (C=O) groups is 1. The van der Waals surface area contributed by atoms with Gasteiger partial charge in [-0.05, 0) is 49.1 Å². The van der Waals surface area contributed by atoms with Gasteiger partial charge in [0.1, 0.15) is 11.8 Å². The third kappa shape index (κ3) is 6.22. The predicted octanol–water partition coefficient (Wildman–Crippen LogP) is 4.22. The molecular weight excluding hydrogens is 388 g/mol. The highest BCUT2D eigenvalue weighted by atomic mass is 32.2. The van der Waals surface area contributed by atoms with E-state index in [0.29, 0.717) is 23.5 Å². The van der Waals surface area contributed by atoms with Crippen molar-refractivity contribution in [1.29, 1.82) is 0 Å². The maximum atomic E-state index is 13.0. The van der Waals surface area contributed by atoms with Crippen LogP contribution in [0.15, 0.2) is 48.5 Å². The zero-order chi connectivity index (χ0) is 21.4. The normalized spacial score (nSPS) is 12.3. The molecule has 2 aromatic carbocycles. The Balaban J connectivity index is 2.26. The molecule has 29 heavy (non-hydrogen) atoms. The highest BCUT2D eigenvalue weighted by Crippen LogP contribution is 2.27. The lowest BCUT2D eigenvalue weighted by molar-refractivity contribution is -0.117. The van der Waals surface area contributed by atoms with E-state index in [9.17, 15) is 13.2 Å². The second-order valence-corrected chi connectivity index (χ2v) is 8.83. The number of hydrogen-bond donors (Lipinski definition) is 1. The summed E-state index contributed by atoms with van der Waals surface area (Å²) in [6.07, 6.45) is 4.67. The van der Waals surface area contributed by atoms with Crippen LogP contribution in [0.2, 0.25) is 0 Å². The van der Waals surface area contributed by atoms with Crippen LogP contribution in [0.3, 0.4) is 0 Å². The number of unbranched alkanes of at least 4 members (excludes halogenated alkanes) is 1. The molecule has 0 aromatic heterocycles. The molecule has 0 saturated carbocycles. The number of sulfonamides is 1. The number of benzene rings is 2. The molecule has 0 heterocycles. The highest BCUT2D eigenvalue weighted by molar-refractivity contribution is 7.92. The van der Waals surface area contributed by atoms with Crippen molar-refractivity contribution >= 4 is 27.3 Å². The summed E-state index contributed by atoms with van der Waals surface area (Å²) in [6.45, 7) is 3.94. The lowest BCUT2D eigenvalue weighted by Crippen LogP contribution is -2.47. The summed E-state index contributed by atoms with van der Waals surface area (Å²) in [5.74, 6) is 0.149. The van der Waals surface area contributed by atoms with Crippen LogP contribution < -0.4 is 14.4 Å². The summed E-state index contributed by atoms with van der Waals surface area (Å²) in [4.78, 5) is 13.0. The summed E-state index contributed by atoms with van der Waals surface area (Å²) in [7, 11) is -2.18. The molecule has 1 N–H and O–H groups in total. The van der Waals surface area contributed by atoms with E-state index in [0.717, 1.165) is 29.8 Å². The Labute approximate surface area is 173 Å². The number of amides is 1. The third-order valence-corrected chi connectivity index (χ3v) is 5.86. The number of rotatable bonds is 10. The van der Waals surface area contributed by atoms with Crippen molar-refractivity contribution in [2.75, 3.05) is 23.0 Å². The Morgan fingerprint density at radius 2 is 1.83 bits per heavy atom. The van der Waals surface area contributed by atoms with E-state index >= 15 is 0 Å². The Kier molecular flexibility index (Phi) is 8.08. The number of anilines is 2. The van der Waals surface area contributed by atoms with E-state index in [4.69, 9.17) is 4.74 Å². The fourth-order valence-electron chi connectivity index (χ4n) is 3.17. The first kappa shape index (κ1) is 22.7. The average molecular weight is 419 g/mol. The fraction of sp³-hybridized carbons (Fsp3) is 0.409. The first-order valence-electron chi connectivity index (χ1n) is 9.83. The molecule has 0 aliphatic rings. The largest absolute Gasteiger partial charge is 0.497 e. The molecule has 6 nitrogen and oxygen atoms in total. The number of nitrogens with one attached hydrogen (secondary N) is 1. The zero-order valence-corrected chi connectivity index (χ0v) is 18.3. The van der Waals surface area contributed by atoms with Crippen molar-refractivity contribution in [3.63, 3.8) is 0 Å². The molecule has 0 bridgehead atoms. The maximum absolute atomic E-state index is 13.0. The van der Waals surface area contributed by atoms with E-state index in [2.05, 4.69) is 12.2 Å². The van der Waals surface area contributed by atoms with Crippen LogP contribution in [0.4, 0.5) is 11.4 Å². The number of aryl methyl sites for hydroxylation is 1. The topological polar surface area (TPSA) is 75.7 Å². The number of nitrogens with zero attached hydrogens (tertiary/aromatic N) is 1. The van der Waals surface area contributed by atoms with Gasteiger partial charge < -0.3 is 10.1 Å². The molecule has 0 aliphatic carbocycles. The van der Waals surface area contributed by atoms with Gasteiger partial charge in [-0.25, -0.2) is 8.42 Å². The highest BCUT2D eigenvalue weighted by Gasteiger charge is 2.31. The summed E-state index contributed by atoms with van der Waals surface area (Å²) < 4.78 is 31.4. The Morgan fingerprint density at radius 3 is 2.38 bits per heavy atom. The minimum atomic E-state index is -3.69. The van der Waals surface area contributed by atoms with Crippen LogP contribution in [-0.4, -0.2) is 33.7 Å². The molecule has 1 amide bonds. The molecule has 0 aliphatic heterocycles. The van der Waals surface area contributed by atoms with Gasteiger partial charge in [0.2, 0.25) is 15.9 Å². The molecule has 0 fully saturated rings. The van der Waals surface area contributed by atoms with Crippen LogP contribution in [0.1, 0.15) is 38.7 Å². The summed E-state index contributed by atoms with van der Waals surface area (Å²) in [5.41, 5.74) is 2.25. The zero-order valence-electron chi connectivity index (χ0n) is 17.5. The summed E-state index contributed by atoms with van der Waals surface area (Å²) in [6, 6.07) is 13.5. The molecular formula is C22H30N2O4S. The lowest BCUT2D eigenvalue weighted by atomic mass is 10.1. The van der Waals surface area contributed by atoms with E-state index in [1.54, 1.807) is 31.2 Å². The van der Waals surface area contributed by atoms with Gasteiger partial charge in [0.05, 0.1) is 19.1 Å². The van der Waals surface area contributed by atoms with Gasteiger partial charge in [0.25, 0.3) is 0 Å². The first-order valence-corrected chi connectivity index (χ1v) is 11.7. The van der Waals surface area contributed by atoms with Crippen molar-refractivity contribution in [2.45, 2.75) is 45.6 Å². The Bertz CT molecular complexity index is 911. The predicted molar refractivity (Wildman–Crippen MR) is 118 cm³/mol. The second kappa shape index (κ2) is 10.3. The van der Waals surface area contributed by atoms with Gasteiger partial charge in [-0.3, -0.25) is 9.10 Å². The molecule has 0 spiro atoms. The van der Waals surface area contributed by atoms with E-state index in [1.807, 2.05) is 24.3 Å². The van der Waals surface area contributed by atoms with Crippen molar-refractivity contribution in [2.24, 2.45) is 0 Å². The number of methoxy groups -OCH3 is 1. The standard InChI is InChI=1S/C22H30N2O4S/c1-5-7-9-17-12-14-18(15-13-17)23-22(25)21(6-2)24(29(4,26)27)19-10-8-11-20(16-19)28-3/h8,10-16,21H,5-7,9H2,1-4H3,(H,23,25)/t21-/m0/s1. The Morgan fingerprint density at radius 1 is 1.14 bits per heavy atom. The summed E-state index contributed by atoms with van der Waals surface area (Å²) in [5, 5.41) is 2.85. The molecule has 0 saturated heterocycles. The first-order chi connectivity index (χ1) is 13.8. The number of carbonyl (C=O) groups excluding carboxylic acids is 1. The van der Waals surface area contributed by atoms with Crippen LogP contribution in [0.5, 0.6) is 5.75 Å². The van der Waals surface area contributed by atoms with Gasteiger partial charge in [-0.1, -0.05) is 38.5 Å². The second-order valence-electron chi connectivity index (χ2n) is 6.97. The minimum absolute atomic E-state index is 0.324. The molecule has 0 radical (unpaired) electrons. The summed E-state index contributed by atoms with van der Waals surface area (Å²) >= 11 is 0. The molecule has 1 atom stereocenters. The van der Waals surface area contributed by atoms with E-state index in [-0.39, 0.29) is 5.91 Å². The van der Waals surface area contributed by atoms with Crippen molar-refractivity contribution < 1.29 is 17.9 Å². The van der Waals surface area contributed by atoms with Crippen LogP contribution in [0.25, 0.3) is 0 Å². The number of ether oxygens (including phenoxy) is 1.